The Morgan fingerprint density at radius 3 is 2.47 bits per heavy atom. The molecule has 0 bridgehead atoms. The number of aromatic nitrogens is 1. The number of amides is 1. The number of carbonyl (C=O) groups is 1. The van der Waals surface area contributed by atoms with E-state index in [1.807, 2.05) is 66.7 Å². The quantitative estimate of drug-likeness (QED) is 0.346. The number of halogens is 1. The molecule has 5 aromatic rings. The van der Waals surface area contributed by atoms with Crippen LogP contribution in [-0.2, 0) is 6.54 Å². The molecule has 0 aliphatic heterocycles. The molecular formula is C25H17ClN2OS. The van der Waals surface area contributed by atoms with E-state index in [1.54, 1.807) is 11.3 Å². The van der Waals surface area contributed by atoms with Crippen LogP contribution >= 0.6 is 22.9 Å². The third-order valence-electron chi connectivity index (χ3n) is 5.06. The summed E-state index contributed by atoms with van der Waals surface area (Å²) in [5.74, 6) is -0.113. The molecule has 3 nitrogen and oxygen atoms in total. The molecule has 5 rings (SSSR count). The summed E-state index contributed by atoms with van der Waals surface area (Å²) in [7, 11) is 0. The Balaban J connectivity index is 1.32. The third kappa shape index (κ3) is 3.56. The molecule has 0 saturated heterocycles. The van der Waals surface area contributed by atoms with Crippen LogP contribution in [0.1, 0.15) is 15.9 Å². The highest BCUT2D eigenvalue weighted by Gasteiger charge is 2.11. The number of thiazole rings is 1. The molecule has 0 saturated carbocycles. The molecule has 0 radical (unpaired) electrons. The maximum atomic E-state index is 12.8. The predicted octanol–water partition coefficient (Wildman–Crippen LogP) is 6.70. The lowest BCUT2D eigenvalue weighted by atomic mass is 10.0. The number of hydrogen-bond donors (Lipinski definition) is 1. The maximum Gasteiger partial charge on any atom is 0.252 e. The summed E-state index contributed by atoms with van der Waals surface area (Å²) in [5, 5.41) is 6.39. The van der Waals surface area contributed by atoms with Gasteiger partial charge in [0.05, 0.1) is 10.2 Å². The van der Waals surface area contributed by atoms with Crippen LogP contribution in [0, 0.1) is 0 Å². The summed E-state index contributed by atoms with van der Waals surface area (Å²) >= 11 is 7.94. The molecule has 1 aromatic heterocycles. The van der Waals surface area contributed by atoms with Crippen molar-refractivity contribution in [2.75, 3.05) is 0 Å². The van der Waals surface area contributed by atoms with Crippen molar-refractivity contribution in [1.29, 1.82) is 0 Å². The van der Waals surface area contributed by atoms with Crippen LogP contribution in [0.4, 0.5) is 0 Å². The second-order valence-electron chi connectivity index (χ2n) is 7.01. The summed E-state index contributed by atoms with van der Waals surface area (Å²) < 4.78 is 1.18. The van der Waals surface area contributed by atoms with Crippen LogP contribution in [0.25, 0.3) is 31.6 Å². The number of carbonyl (C=O) groups excluding carboxylic acids is 1. The van der Waals surface area contributed by atoms with Crippen molar-refractivity contribution >= 4 is 49.8 Å². The number of fused-ring (bicyclic) bond motifs is 2. The number of nitrogens with one attached hydrogen (secondary N) is 1. The Morgan fingerprint density at radius 1 is 0.867 bits per heavy atom. The van der Waals surface area contributed by atoms with E-state index in [4.69, 9.17) is 16.6 Å². The van der Waals surface area contributed by atoms with Gasteiger partial charge in [-0.25, -0.2) is 4.98 Å². The van der Waals surface area contributed by atoms with Gasteiger partial charge in [0.25, 0.3) is 5.91 Å². The largest absolute Gasteiger partial charge is 0.348 e. The SMILES string of the molecule is O=C(NCc1ccc(-c2nc3ccccc3s2)cc1)c1cccc2c(Cl)cccc12. The molecule has 0 atom stereocenters. The average molecular weight is 429 g/mol. The smallest absolute Gasteiger partial charge is 0.252 e. The summed E-state index contributed by atoms with van der Waals surface area (Å²) in [6.45, 7) is 0.454. The van der Waals surface area contributed by atoms with Crippen LogP contribution in [-0.4, -0.2) is 10.9 Å². The first-order valence-electron chi connectivity index (χ1n) is 9.59. The van der Waals surface area contributed by atoms with Gasteiger partial charge in [0.15, 0.2) is 0 Å². The van der Waals surface area contributed by atoms with E-state index in [-0.39, 0.29) is 5.91 Å². The Kier molecular flexibility index (Phi) is 4.95. The van der Waals surface area contributed by atoms with Crippen LogP contribution in [0.2, 0.25) is 5.02 Å². The molecule has 30 heavy (non-hydrogen) atoms. The second kappa shape index (κ2) is 7.90. The standard InChI is InChI=1S/C25H17ClN2OS/c26-21-8-4-5-18-19(21)6-3-7-20(18)24(29)27-15-16-11-13-17(14-12-16)25-28-22-9-1-2-10-23(22)30-25/h1-14H,15H2,(H,27,29). The Labute approximate surface area is 183 Å². The van der Waals surface area contributed by atoms with Crippen LogP contribution in [0.5, 0.6) is 0 Å². The molecule has 0 aliphatic carbocycles. The summed E-state index contributed by atoms with van der Waals surface area (Å²) in [6, 6.07) is 27.5. The van der Waals surface area contributed by atoms with Crippen LogP contribution in [0.15, 0.2) is 84.9 Å². The van der Waals surface area contributed by atoms with E-state index in [1.165, 1.54) is 4.70 Å². The van der Waals surface area contributed by atoms with Gasteiger partial charge in [-0.1, -0.05) is 72.3 Å². The Hall–Kier alpha value is -3.21. The van der Waals surface area contributed by atoms with Gasteiger partial charge >= 0.3 is 0 Å². The number of hydrogen-bond acceptors (Lipinski definition) is 3. The van der Waals surface area contributed by atoms with Crippen molar-refractivity contribution in [3.05, 3.63) is 101 Å². The first-order chi connectivity index (χ1) is 14.7. The molecule has 1 heterocycles. The van der Waals surface area contributed by atoms with E-state index in [0.717, 1.165) is 32.4 Å². The van der Waals surface area contributed by atoms with Crippen molar-refractivity contribution in [1.82, 2.24) is 10.3 Å². The summed E-state index contributed by atoms with van der Waals surface area (Å²) in [5.41, 5.74) is 3.76. The fraction of sp³-hybridized carbons (Fsp3) is 0.0400. The van der Waals surface area contributed by atoms with E-state index in [9.17, 15) is 4.79 Å². The zero-order valence-corrected chi connectivity index (χ0v) is 17.5. The lowest BCUT2D eigenvalue weighted by Gasteiger charge is -2.09. The fourth-order valence-electron chi connectivity index (χ4n) is 3.51. The number of benzene rings is 4. The van der Waals surface area contributed by atoms with Crippen molar-refractivity contribution in [2.45, 2.75) is 6.54 Å². The topological polar surface area (TPSA) is 42.0 Å². The van der Waals surface area contributed by atoms with E-state index < -0.39 is 0 Å². The first-order valence-corrected chi connectivity index (χ1v) is 10.8. The monoisotopic (exact) mass is 428 g/mol. The Morgan fingerprint density at radius 2 is 1.63 bits per heavy atom. The molecule has 1 amide bonds. The van der Waals surface area contributed by atoms with Gasteiger partial charge < -0.3 is 5.32 Å². The third-order valence-corrected chi connectivity index (χ3v) is 6.48. The molecule has 1 N–H and O–H groups in total. The number of para-hydroxylation sites is 1. The first kappa shape index (κ1) is 18.8. The van der Waals surface area contributed by atoms with Gasteiger partial charge in [-0.3, -0.25) is 4.79 Å². The molecular weight excluding hydrogens is 412 g/mol. The van der Waals surface area contributed by atoms with Gasteiger partial charge in [-0.2, -0.15) is 0 Å². The minimum atomic E-state index is -0.113. The van der Waals surface area contributed by atoms with E-state index >= 15 is 0 Å². The van der Waals surface area contributed by atoms with E-state index in [0.29, 0.717) is 17.1 Å². The number of rotatable bonds is 4. The Bertz CT molecular complexity index is 1340. The van der Waals surface area contributed by atoms with Crippen LogP contribution < -0.4 is 5.32 Å². The van der Waals surface area contributed by atoms with Gasteiger partial charge in [0, 0.05) is 28.1 Å². The van der Waals surface area contributed by atoms with Crippen molar-refractivity contribution in [2.24, 2.45) is 0 Å². The van der Waals surface area contributed by atoms with Gasteiger partial charge in [-0.05, 0) is 35.2 Å². The minimum Gasteiger partial charge on any atom is -0.348 e. The zero-order chi connectivity index (χ0) is 20.5. The van der Waals surface area contributed by atoms with E-state index in [2.05, 4.69) is 23.5 Å². The minimum absolute atomic E-state index is 0.113. The second-order valence-corrected chi connectivity index (χ2v) is 8.44. The normalized spacial score (nSPS) is 11.1. The highest BCUT2D eigenvalue weighted by Crippen LogP contribution is 2.30. The average Bonchev–Trinajstić information content (AvgIpc) is 3.22. The highest BCUT2D eigenvalue weighted by atomic mass is 35.5. The van der Waals surface area contributed by atoms with Gasteiger partial charge in [-0.15, -0.1) is 11.3 Å². The molecule has 0 aliphatic rings. The zero-order valence-electron chi connectivity index (χ0n) is 15.9. The highest BCUT2D eigenvalue weighted by molar-refractivity contribution is 7.21. The summed E-state index contributed by atoms with van der Waals surface area (Å²) in [4.78, 5) is 17.5. The molecule has 4 aromatic carbocycles. The molecule has 0 unspecified atom stereocenters. The van der Waals surface area contributed by atoms with Crippen molar-refractivity contribution < 1.29 is 4.79 Å². The lowest BCUT2D eigenvalue weighted by Crippen LogP contribution is -2.23. The van der Waals surface area contributed by atoms with Gasteiger partial charge in [0.2, 0.25) is 0 Å². The molecule has 146 valence electrons. The predicted molar refractivity (Wildman–Crippen MR) is 125 cm³/mol. The van der Waals surface area contributed by atoms with Crippen molar-refractivity contribution in [3.8, 4) is 10.6 Å². The van der Waals surface area contributed by atoms with Gasteiger partial charge in [0.1, 0.15) is 5.01 Å². The number of nitrogens with zero attached hydrogens (tertiary/aromatic N) is 1. The fourth-order valence-corrected chi connectivity index (χ4v) is 4.72. The molecule has 5 heteroatoms. The maximum absolute atomic E-state index is 12.8. The lowest BCUT2D eigenvalue weighted by molar-refractivity contribution is 0.0952. The summed E-state index contributed by atoms with van der Waals surface area (Å²) in [6.07, 6.45) is 0. The molecule has 0 spiro atoms. The van der Waals surface area contributed by atoms with Crippen LogP contribution in [0.3, 0.4) is 0 Å². The molecule has 0 fully saturated rings. The van der Waals surface area contributed by atoms with Crippen molar-refractivity contribution in [3.63, 3.8) is 0 Å².